The van der Waals surface area contributed by atoms with E-state index >= 15 is 0 Å². The van der Waals surface area contributed by atoms with Crippen molar-refractivity contribution in [3.05, 3.63) is 27.7 Å². The Labute approximate surface area is 96.7 Å². The molecule has 0 saturated carbocycles. The third kappa shape index (κ3) is 2.41. The maximum atomic E-state index is 5.94. The largest absolute Gasteiger partial charge is 0.493 e. The topological polar surface area (TPSA) is 21.3 Å². The van der Waals surface area contributed by atoms with E-state index in [-0.39, 0.29) is 0 Å². The minimum Gasteiger partial charge on any atom is -0.493 e. The number of hydrogen-bond acceptors (Lipinski definition) is 2. The Hall–Kier alpha value is -0.250. The Morgan fingerprint density at radius 2 is 2.29 bits per heavy atom. The Kier molecular flexibility index (Phi) is 3.31. The highest BCUT2D eigenvalue weighted by atomic mass is 79.9. The predicted molar refractivity (Wildman–Crippen MR) is 61.0 cm³/mol. The molecule has 0 aromatic heterocycles. The van der Waals surface area contributed by atoms with Crippen LogP contribution in [0.4, 0.5) is 0 Å². The molecule has 1 N–H and O–H groups in total. The van der Waals surface area contributed by atoms with Gasteiger partial charge in [-0.25, -0.2) is 0 Å². The van der Waals surface area contributed by atoms with Crippen LogP contribution in [0.3, 0.4) is 0 Å². The Morgan fingerprint density at radius 3 is 2.86 bits per heavy atom. The van der Waals surface area contributed by atoms with Crippen molar-refractivity contribution in [2.45, 2.75) is 0 Å². The lowest BCUT2D eigenvalue weighted by molar-refractivity contribution is 0.199. The van der Waals surface area contributed by atoms with Gasteiger partial charge in [0, 0.05) is 23.5 Å². The molecule has 1 aromatic carbocycles. The molecule has 0 spiro atoms. The second kappa shape index (κ2) is 4.51. The number of nitrogens with one attached hydrogen (secondary N) is 1. The second-order valence-corrected chi connectivity index (χ2v) is 4.67. The molecule has 0 bridgehead atoms. The van der Waals surface area contributed by atoms with Gasteiger partial charge in [-0.1, -0.05) is 11.6 Å². The summed E-state index contributed by atoms with van der Waals surface area (Å²) in [7, 11) is 0. The highest BCUT2D eigenvalue weighted by Gasteiger charge is 2.17. The molecule has 0 aliphatic carbocycles. The normalized spacial score (nSPS) is 16.4. The molecule has 1 aliphatic rings. The minimum atomic E-state index is 0.650. The number of halogens is 2. The molecule has 14 heavy (non-hydrogen) atoms. The Morgan fingerprint density at radius 1 is 1.50 bits per heavy atom. The highest BCUT2D eigenvalue weighted by molar-refractivity contribution is 9.10. The van der Waals surface area contributed by atoms with E-state index in [0.717, 1.165) is 29.9 Å². The average Bonchev–Trinajstić information content (AvgIpc) is 2.08. The van der Waals surface area contributed by atoms with E-state index in [1.54, 1.807) is 0 Å². The molecule has 0 atom stereocenters. The summed E-state index contributed by atoms with van der Waals surface area (Å²) in [5.74, 6) is 1.49. The third-order valence-corrected chi connectivity index (χ3v) is 3.48. The summed E-state index contributed by atoms with van der Waals surface area (Å²) in [6.45, 7) is 2.89. The summed E-state index contributed by atoms with van der Waals surface area (Å²) in [4.78, 5) is 0. The first kappa shape index (κ1) is 10.3. The van der Waals surface area contributed by atoms with Crippen LogP contribution in [0, 0.1) is 5.92 Å². The molecule has 0 amide bonds. The number of hydrogen-bond donors (Lipinski definition) is 1. The smallest absolute Gasteiger partial charge is 0.120 e. The van der Waals surface area contributed by atoms with Gasteiger partial charge < -0.3 is 10.1 Å². The summed E-state index contributed by atoms with van der Waals surface area (Å²) >= 11 is 9.27. The lowest BCUT2D eigenvalue weighted by Gasteiger charge is -2.26. The van der Waals surface area contributed by atoms with Crippen molar-refractivity contribution in [1.82, 2.24) is 5.32 Å². The molecule has 2 nitrogen and oxygen atoms in total. The minimum absolute atomic E-state index is 0.650. The fraction of sp³-hybridized carbons (Fsp3) is 0.400. The predicted octanol–water partition coefficient (Wildman–Crippen LogP) is 2.70. The maximum absolute atomic E-state index is 5.94. The number of rotatable bonds is 3. The number of ether oxygens (including phenoxy) is 1. The molecule has 0 unspecified atom stereocenters. The summed E-state index contributed by atoms with van der Waals surface area (Å²) in [6, 6.07) is 5.65. The summed E-state index contributed by atoms with van der Waals surface area (Å²) in [5, 5.41) is 3.89. The van der Waals surface area contributed by atoms with Crippen LogP contribution >= 0.6 is 27.5 Å². The van der Waals surface area contributed by atoms with Crippen molar-refractivity contribution in [2.24, 2.45) is 5.92 Å². The van der Waals surface area contributed by atoms with Crippen molar-refractivity contribution >= 4 is 27.5 Å². The second-order valence-electron chi connectivity index (χ2n) is 3.41. The van der Waals surface area contributed by atoms with Gasteiger partial charge in [-0.2, -0.15) is 0 Å². The van der Waals surface area contributed by atoms with Gasteiger partial charge in [-0.3, -0.25) is 0 Å². The molecular formula is C10H11BrClNO. The standard InChI is InChI=1S/C10H11BrClNO/c11-9-2-1-8(3-10(9)12)14-6-7-4-13-5-7/h1-3,7,13H,4-6H2. The van der Waals surface area contributed by atoms with Gasteiger partial charge in [0.2, 0.25) is 0 Å². The molecule has 2 rings (SSSR count). The van der Waals surface area contributed by atoms with E-state index in [4.69, 9.17) is 16.3 Å². The lowest BCUT2D eigenvalue weighted by atomic mass is 10.1. The van der Waals surface area contributed by atoms with E-state index in [0.29, 0.717) is 10.9 Å². The van der Waals surface area contributed by atoms with Crippen LogP contribution in [0.15, 0.2) is 22.7 Å². The Balaban J connectivity index is 1.91. The Bertz CT molecular complexity index is 328. The molecular weight excluding hydrogens is 265 g/mol. The monoisotopic (exact) mass is 275 g/mol. The van der Waals surface area contributed by atoms with E-state index in [1.807, 2.05) is 18.2 Å². The fourth-order valence-corrected chi connectivity index (χ4v) is 1.66. The quantitative estimate of drug-likeness (QED) is 0.916. The highest BCUT2D eigenvalue weighted by Crippen LogP contribution is 2.27. The van der Waals surface area contributed by atoms with Gasteiger partial charge >= 0.3 is 0 Å². The molecule has 1 fully saturated rings. The van der Waals surface area contributed by atoms with E-state index in [9.17, 15) is 0 Å². The summed E-state index contributed by atoms with van der Waals surface area (Å²) < 4.78 is 6.50. The van der Waals surface area contributed by atoms with Crippen LogP contribution in [0.25, 0.3) is 0 Å². The van der Waals surface area contributed by atoms with Gasteiger partial charge in [0.05, 0.1) is 11.6 Å². The van der Waals surface area contributed by atoms with E-state index in [1.165, 1.54) is 0 Å². The lowest BCUT2D eigenvalue weighted by Crippen LogP contribution is -2.45. The maximum Gasteiger partial charge on any atom is 0.120 e. The molecule has 4 heteroatoms. The molecule has 1 aliphatic heterocycles. The molecule has 1 saturated heterocycles. The van der Waals surface area contributed by atoms with Gasteiger partial charge in [0.1, 0.15) is 5.75 Å². The third-order valence-electron chi connectivity index (χ3n) is 2.24. The van der Waals surface area contributed by atoms with E-state index in [2.05, 4.69) is 21.2 Å². The van der Waals surface area contributed by atoms with Crippen molar-refractivity contribution in [2.75, 3.05) is 19.7 Å². The molecule has 1 aromatic rings. The SMILES string of the molecule is Clc1cc(OCC2CNC2)ccc1Br. The van der Waals surface area contributed by atoms with Gasteiger partial charge in [-0.15, -0.1) is 0 Å². The first-order valence-corrected chi connectivity index (χ1v) is 5.71. The van der Waals surface area contributed by atoms with Crippen LogP contribution in [0.5, 0.6) is 5.75 Å². The molecule has 76 valence electrons. The summed E-state index contributed by atoms with van der Waals surface area (Å²) in [6.07, 6.45) is 0. The first-order valence-electron chi connectivity index (χ1n) is 4.54. The van der Waals surface area contributed by atoms with Crippen molar-refractivity contribution in [3.8, 4) is 5.75 Å². The van der Waals surface area contributed by atoms with Gasteiger partial charge in [0.25, 0.3) is 0 Å². The summed E-state index contributed by atoms with van der Waals surface area (Å²) in [5.41, 5.74) is 0. The molecule has 1 heterocycles. The first-order chi connectivity index (χ1) is 6.75. The van der Waals surface area contributed by atoms with Crippen LogP contribution < -0.4 is 10.1 Å². The zero-order valence-corrected chi connectivity index (χ0v) is 9.94. The van der Waals surface area contributed by atoms with Crippen LogP contribution in [0.1, 0.15) is 0 Å². The van der Waals surface area contributed by atoms with Crippen molar-refractivity contribution in [3.63, 3.8) is 0 Å². The number of benzene rings is 1. The fourth-order valence-electron chi connectivity index (χ4n) is 1.25. The zero-order chi connectivity index (χ0) is 9.97. The van der Waals surface area contributed by atoms with Gasteiger partial charge in [-0.05, 0) is 34.1 Å². The molecule has 0 radical (unpaired) electrons. The average molecular weight is 277 g/mol. The van der Waals surface area contributed by atoms with Crippen LogP contribution in [0.2, 0.25) is 5.02 Å². The van der Waals surface area contributed by atoms with Crippen LogP contribution in [-0.4, -0.2) is 19.7 Å². The zero-order valence-electron chi connectivity index (χ0n) is 7.59. The van der Waals surface area contributed by atoms with Crippen molar-refractivity contribution in [1.29, 1.82) is 0 Å². The van der Waals surface area contributed by atoms with Gasteiger partial charge in [0.15, 0.2) is 0 Å². The van der Waals surface area contributed by atoms with Crippen molar-refractivity contribution < 1.29 is 4.74 Å². The van der Waals surface area contributed by atoms with E-state index < -0.39 is 0 Å². The van der Waals surface area contributed by atoms with Crippen LogP contribution in [-0.2, 0) is 0 Å².